The summed E-state index contributed by atoms with van der Waals surface area (Å²) in [6.45, 7) is 5.25. The van der Waals surface area contributed by atoms with E-state index in [1.165, 1.54) is 11.3 Å². The minimum Gasteiger partial charge on any atom is -0.379 e. The number of morpholine rings is 1. The molecule has 7 nitrogen and oxygen atoms in total. The number of aromatic nitrogens is 1. The molecule has 3 aromatic rings. The Morgan fingerprint density at radius 2 is 1.97 bits per heavy atom. The number of hydrogen-bond acceptors (Lipinski definition) is 6. The standard InChI is InChI=1S/C25H27BrN4O3S/c26-19-7-8-21-22(16-19)34-25(27-21)29(10-4-9-28-11-13-33-14-12-28)24(32)18-15-23(31)30(17-18)20-5-2-1-3-6-20/h1-3,5-8,16,18H,4,9-15,17H2. The maximum Gasteiger partial charge on any atom is 0.234 e. The predicted molar refractivity (Wildman–Crippen MR) is 138 cm³/mol. The minimum absolute atomic E-state index is 0.00829. The third-order valence-electron chi connectivity index (χ3n) is 6.34. The van der Waals surface area contributed by atoms with E-state index >= 15 is 0 Å². The van der Waals surface area contributed by atoms with Crippen LogP contribution in [0.3, 0.4) is 0 Å². The van der Waals surface area contributed by atoms with Crippen molar-refractivity contribution in [3.8, 4) is 0 Å². The summed E-state index contributed by atoms with van der Waals surface area (Å²) in [5.41, 5.74) is 1.72. The summed E-state index contributed by atoms with van der Waals surface area (Å²) in [6, 6.07) is 15.5. The molecule has 178 valence electrons. The maximum atomic E-state index is 13.8. The molecule has 0 saturated carbocycles. The van der Waals surface area contributed by atoms with Crippen LogP contribution in [0.4, 0.5) is 10.8 Å². The lowest BCUT2D eigenvalue weighted by Gasteiger charge is -2.28. The molecule has 2 aromatic carbocycles. The zero-order chi connectivity index (χ0) is 23.5. The number of anilines is 2. The second kappa shape index (κ2) is 10.5. The van der Waals surface area contributed by atoms with Crippen molar-refractivity contribution in [3.63, 3.8) is 0 Å². The quantitative estimate of drug-likeness (QED) is 0.448. The van der Waals surface area contributed by atoms with E-state index in [1.54, 1.807) is 4.90 Å². The Bertz CT molecular complexity index is 1170. The van der Waals surface area contributed by atoms with Gasteiger partial charge in [0.05, 0.1) is 29.3 Å². The lowest BCUT2D eigenvalue weighted by Crippen LogP contribution is -2.41. The number of para-hydroxylation sites is 1. The lowest BCUT2D eigenvalue weighted by atomic mass is 10.1. The third-order valence-corrected chi connectivity index (χ3v) is 7.87. The Hall–Kier alpha value is -2.33. The van der Waals surface area contributed by atoms with Gasteiger partial charge in [0, 0.05) is 49.3 Å². The van der Waals surface area contributed by atoms with Crippen molar-refractivity contribution in [1.29, 1.82) is 0 Å². The molecule has 1 unspecified atom stereocenters. The second-order valence-corrected chi connectivity index (χ2v) is 10.6. The number of carbonyl (C=O) groups excluding carboxylic acids is 2. The van der Waals surface area contributed by atoms with E-state index in [9.17, 15) is 9.59 Å². The molecule has 5 rings (SSSR count). The van der Waals surface area contributed by atoms with Crippen molar-refractivity contribution in [2.75, 3.05) is 55.7 Å². The van der Waals surface area contributed by atoms with Gasteiger partial charge in [-0.1, -0.05) is 45.5 Å². The molecule has 3 heterocycles. The van der Waals surface area contributed by atoms with Crippen LogP contribution in [-0.4, -0.2) is 67.6 Å². The van der Waals surface area contributed by atoms with Crippen molar-refractivity contribution < 1.29 is 14.3 Å². The van der Waals surface area contributed by atoms with Gasteiger partial charge in [0.25, 0.3) is 0 Å². The predicted octanol–water partition coefficient (Wildman–Crippen LogP) is 4.17. The van der Waals surface area contributed by atoms with Crippen molar-refractivity contribution >= 4 is 60.1 Å². The summed E-state index contributed by atoms with van der Waals surface area (Å²) in [5, 5.41) is 0.700. The molecule has 2 amide bonds. The van der Waals surface area contributed by atoms with Crippen LogP contribution in [0.1, 0.15) is 12.8 Å². The highest BCUT2D eigenvalue weighted by Crippen LogP contribution is 2.33. The van der Waals surface area contributed by atoms with E-state index in [0.29, 0.717) is 18.2 Å². The molecule has 0 bridgehead atoms. The molecule has 2 fully saturated rings. The zero-order valence-corrected chi connectivity index (χ0v) is 21.3. The number of halogens is 1. The first kappa shape index (κ1) is 23.4. The fourth-order valence-corrected chi connectivity index (χ4v) is 6.08. The van der Waals surface area contributed by atoms with Gasteiger partial charge < -0.3 is 9.64 Å². The number of carbonyl (C=O) groups is 2. The van der Waals surface area contributed by atoms with E-state index < -0.39 is 0 Å². The van der Waals surface area contributed by atoms with Crippen LogP contribution in [0, 0.1) is 5.92 Å². The molecule has 1 atom stereocenters. The Morgan fingerprint density at radius 3 is 2.76 bits per heavy atom. The van der Waals surface area contributed by atoms with Gasteiger partial charge in [0.1, 0.15) is 0 Å². The highest BCUT2D eigenvalue weighted by atomic mass is 79.9. The van der Waals surface area contributed by atoms with Gasteiger partial charge in [-0.05, 0) is 36.8 Å². The average Bonchev–Trinajstić information content (AvgIpc) is 3.45. The Labute approximate surface area is 211 Å². The molecule has 0 radical (unpaired) electrons. The molecular weight excluding hydrogens is 516 g/mol. The Morgan fingerprint density at radius 1 is 1.18 bits per heavy atom. The van der Waals surface area contributed by atoms with Crippen LogP contribution in [0.5, 0.6) is 0 Å². The number of hydrogen-bond donors (Lipinski definition) is 0. The van der Waals surface area contributed by atoms with E-state index in [0.717, 1.165) is 59.6 Å². The monoisotopic (exact) mass is 542 g/mol. The van der Waals surface area contributed by atoms with Gasteiger partial charge in [-0.15, -0.1) is 0 Å². The number of benzene rings is 2. The number of ether oxygens (including phenoxy) is 1. The molecule has 2 saturated heterocycles. The highest BCUT2D eigenvalue weighted by Gasteiger charge is 2.38. The number of nitrogens with zero attached hydrogens (tertiary/aromatic N) is 4. The summed E-state index contributed by atoms with van der Waals surface area (Å²) in [7, 11) is 0. The largest absolute Gasteiger partial charge is 0.379 e. The molecule has 2 aliphatic rings. The minimum atomic E-state index is -0.380. The van der Waals surface area contributed by atoms with Crippen LogP contribution >= 0.6 is 27.3 Å². The SMILES string of the molecule is O=C1CC(C(=O)N(CCCN2CCOCC2)c2nc3ccc(Br)cc3s2)CN1c1ccccc1. The van der Waals surface area contributed by atoms with Gasteiger partial charge >= 0.3 is 0 Å². The van der Waals surface area contributed by atoms with Crippen LogP contribution in [-0.2, 0) is 14.3 Å². The molecule has 0 spiro atoms. The summed E-state index contributed by atoms with van der Waals surface area (Å²) < 4.78 is 7.46. The number of amides is 2. The first-order valence-electron chi connectivity index (χ1n) is 11.6. The fourth-order valence-electron chi connectivity index (χ4n) is 4.53. The normalized spacial score (nSPS) is 19.1. The highest BCUT2D eigenvalue weighted by molar-refractivity contribution is 9.10. The van der Waals surface area contributed by atoms with Crippen molar-refractivity contribution in [2.24, 2.45) is 5.92 Å². The summed E-state index contributed by atoms with van der Waals surface area (Å²) in [5.74, 6) is -0.409. The number of fused-ring (bicyclic) bond motifs is 1. The van der Waals surface area contributed by atoms with Crippen LogP contribution in [0.2, 0.25) is 0 Å². The van der Waals surface area contributed by atoms with Crippen LogP contribution < -0.4 is 9.80 Å². The van der Waals surface area contributed by atoms with E-state index in [-0.39, 0.29) is 24.2 Å². The summed E-state index contributed by atoms with van der Waals surface area (Å²) in [6.07, 6.45) is 1.07. The van der Waals surface area contributed by atoms with Gasteiger partial charge in [-0.3, -0.25) is 19.4 Å². The first-order chi connectivity index (χ1) is 16.6. The topological polar surface area (TPSA) is 66.0 Å². The smallest absolute Gasteiger partial charge is 0.234 e. The Kier molecular flexibility index (Phi) is 7.24. The lowest BCUT2D eigenvalue weighted by molar-refractivity contribution is -0.124. The number of thiazole rings is 1. The number of rotatable bonds is 7. The third kappa shape index (κ3) is 5.17. The fraction of sp³-hybridized carbons (Fsp3) is 0.400. The molecular formula is C25H27BrN4O3S. The summed E-state index contributed by atoms with van der Waals surface area (Å²) >= 11 is 5.05. The molecule has 2 aliphatic heterocycles. The molecule has 34 heavy (non-hydrogen) atoms. The molecule has 0 aliphatic carbocycles. The molecule has 1 aromatic heterocycles. The second-order valence-electron chi connectivity index (χ2n) is 8.65. The van der Waals surface area contributed by atoms with Gasteiger partial charge in [0.2, 0.25) is 11.8 Å². The average molecular weight is 543 g/mol. The van der Waals surface area contributed by atoms with Crippen molar-refractivity contribution in [2.45, 2.75) is 12.8 Å². The van der Waals surface area contributed by atoms with Gasteiger partial charge in [-0.25, -0.2) is 4.98 Å². The summed E-state index contributed by atoms with van der Waals surface area (Å²) in [4.78, 5) is 37.2. The molecule has 9 heteroatoms. The van der Waals surface area contributed by atoms with Gasteiger partial charge in [-0.2, -0.15) is 0 Å². The van der Waals surface area contributed by atoms with E-state index in [2.05, 4.69) is 20.8 Å². The van der Waals surface area contributed by atoms with E-state index in [1.807, 2.05) is 53.4 Å². The zero-order valence-electron chi connectivity index (χ0n) is 18.9. The van der Waals surface area contributed by atoms with Crippen molar-refractivity contribution in [1.82, 2.24) is 9.88 Å². The van der Waals surface area contributed by atoms with Crippen LogP contribution in [0.15, 0.2) is 53.0 Å². The molecule has 0 N–H and O–H groups in total. The Balaban J connectivity index is 1.35. The van der Waals surface area contributed by atoms with Gasteiger partial charge in [0.15, 0.2) is 5.13 Å². The first-order valence-corrected chi connectivity index (χ1v) is 13.2. The van der Waals surface area contributed by atoms with Crippen LogP contribution in [0.25, 0.3) is 10.2 Å². The maximum absolute atomic E-state index is 13.8. The van der Waals surface area contributed by atoms with Crippen molar-refractivity contribution in [3.05, 3.63) is 53.0 Å². The van der Waals surface area contributed by atoms with E-state index in [4.69, 9.17) is 9.72 Å².